The maximum atomic E-state index is 12.9. The number of alkyl halides is 3. The second kappa shape index (κ2) is 8.52. The quantitative estimate of drug-likeness (QED) is 0.861. The largest absolute Gasteiger partial charge is 0.433 e. The Morgan fingerprint density at radius 2 is 1.92 bits per heavy atom. The maximum Gasteiger partial charge on any atom is 0.433 e. The lowest BCUT2D eigenvalue weighted by atomic mass is 9.88. The normalized spacial score (nSPS) is 23.4. The van der Waals surface area contributed by atoms with Crippen molar-refractivity contribution in [2.75, 3.05) is 37.7 Å². The molecule has 3 rings (SSSR count). The van der Waals surface area contributed by atoms with Gasteiger partial charge >= 0.3 is 6.18 Å². The molecule has 2 fully saturated rings. The highest BCUT2D eigenvalue weighted by molar-refractivity contribution is 5.32. The Hall–Kier alpha value is -1.41. The summed E-state index contributed by atoms with van der Waals surface area (Å²) < 4.78 is 38.7. The number of aliphatic hydroxyl groups excluding tert-OH is 1. The highest BCUT2D eigenvalue weighted by Crippen LogP contribution is 2.29. The lowest BCUT2D eigenvalue weighted by Gasteiger charge is -2.43. The van der Waals surface area contributed by atoms with E-state index in [-0.39, 0.29) is 18.6 Å². The third-order valence-corrected chi connectivity index (χ3v) is 5.50. The van der Waals surface area contributed by atoms with E-state index < -0.39 is 11.9 Å². The summed E-state index contributed by atoms with van der Waals surface area (Å²) >= 11 is 0. The highest BCUT2D eigenvalue weighted by atomic mass is 19.4. The van der Waals surface area contributed by atoms with Gasteiger partial charge in [0.2, 0.25) is 5.95 Å². The van der Waals surface area contributed by atoms with E-state index in [1.54, 1.807) is 0 Å². The molecule has 8 heteroatoms. The molecule has 1 aromatic heterocycles. The van der Waals surface area contributed by atoms with Gasteiger partial charge in [0.15, 0.2) is 0 Å². The Balaban J connectivity index is 1.67. The van der Waals surface area contributed by atoms with Crippen LogP contribution >= 0.6 is 0 Å². The summed E-state index contributed by atoms with van der Waals surface area (Å²) in [7, 11) is 0. The highest BCUT2D eigenvalue weighted by Gasteiger charge is 2.34. The molecule has 1 atom stereocenters. The minimum Gasteiger partial charge on any atom is -0.396 e. The van der Waals surface area contributed by atoms with E-state index in [4.69, 9.17) is 0 Å². The van der Waals surface area contributed by atoms with Gasteiger partial charge in [-0.15, -0.1) is 0 Å². The number of halogens is 3. The lowest BCUT2D eigenvalue weighted by molar-refractivity contribution is -0.141. The third-order valence-electron chi connectivity index (χ3n) is 5.50. The van der Waals surface area contributed by atoms with E-state index in [0.29, 0.717) is 25.4 Å². The molecule has 5 nitrogen and oxygen atoms in total. The Morgan fingerprint density at radius 3 is 2.62 bits per heavy atom. The standard InChI is InChI=1S/C18H27F3N4O/c19-18(20,21)16-6-8-22-17(23-16)25-10-9-24(15(13-25)7-11-26)12-14-4-2-1-3-5-14/h6,8,14-15,26H,1-5,7,9-13H2. The maximum absolute atomic E-state index is 12.9. The Morgan fingerprint density at radius 1 is 1.15 bits per heavy atom. The minimum absolute atomic E-state index is 0.0725. The second-order valence-corrected chi connectivity index (χ2v) is 7.35. The van der Waals surface area contributed by atoms with Crippen LogP contribution in [0.25, 0.3) is 0 Å². The van der Waals surface area contributed by atoms with Crippen molar-refractivity contribution in [1.29, 1.82) is 0 Å². The van der Waals surface area contributed by atoms with Crippen LogP contribution in [0.1, 0.15) is 44.2 Å². The van der Waals surface area contributed by atoms with E-state index in [0.717, 1.165) is 19.2 Å². The topological polar surface area (TPSA) is 52.5 Å². The van der Waals surface area contributed by atoms with Gasteiger partial charge in [-0.05, 0) is 31.2 Å². The molecular formula is C18H27F3N4O. The Bertz CT molecular complexity index is 578. The van der Waals surface area contributed by atoms with Crippen LogP contribution in [0.4, 0.5) is 19.1 Å². The number of aliphatic hydroxyl groups is 1. The molecule has 146 valence electrons. The molecule has 26 heavy (non-hydrogen) atoms. The van der Waals surface area contributed by atoms with Gasteiger partial charge in [0.05, 0.1) is 0 Å². The molecule has 1 N–H and O–H groups in total. The van der Waals surface area contributed by atoms with Gasteiger partial charge in [-0.3, -0.25) is 4.90 Å². The molecule has 1 saturated carbocycles. The SMILES string of the molecule is OCCC1CN(c2nccc(C(F)(F)F)n2)CCN1CC1CCCCC1. The number of hydrogen-bond acceptors (Lipinski definition) is 5. The van der Waals surface area contributed by atoms with Gasteiger partial charge in [-0.2, -0.15) is 13.2 Å². The smallest absolute Gasteiger partial charge is 0.396 e. The van der Waals surface area contributed by atoms with Gasteiger partial charge < -0.3 is 10.0 Å². The van der Waals surface area contributed by atoms with Crippen molar-refractivity contribution in [2.24, 2.45) is 5.92 Å². The van der Waals surface area contributed by atoms with Gasteiger partial charge in [0.1, 0.15) is 5.69 Å². The van der Waals surface area contributed by atoms with Gasteiger partial charge in [0.25, 0.3) is 0 Å². The van der Waals surface area contributed by atoms with Crippen molar-refractivity contribution < 1.29 is 18.3 Å². The molecule has 0 amide bonds. The molecule has 2 aliphatic rings. The third kappa shape index (κ3) is 4.85. The zero-order valence-corrected chi connectivity index (χ0v) is 15.0. The van der Waals surface area contributed by atoms with Gasteiger partial charge in [-0.1, -0.05) is 19.3 Å². The van der Waals surface area contributed by atoms with E-state index in [1.165, 1.54) is 38.3 Å². The number of anilines is 1. The summed E-state index contributed by atoms with van der Waals surface area (Å²) in [5.74, 6) is 0.821. The Labute approximate surface area is 152 Å². The molecular weight excluding hydrogens is 345 g/mol. The zero-order chi connectivity index (χ0) is 18.6. The van der Waals surface area contributed by atoms with Crippen molar-refractivity contribution >= 4 is 5.95 Å². The number of nitrogens with zero attached hydrogens (tertiary/aromatic N) is 4. The van der Waals surface area contributed by atoms with Crippen LogP contribution in [-0.2, 0) is 6.18 Å². The molecule has 0 bridgehead atoms. The molecule has 1 aliphatic carbocycles. The van der Waals surface area contributed by atoms with Crippen LogP contribution in [0.5, 0.6) is 0 Å². The molecule has 2 heterocycles. The first-order chi connectivity index (χ1) is 12.5. The average molecular weight is 372 g/mol. The number of rotatable bonds is 5. The molecule has 1 saturated heterocycles. The van der Waals surface area contributed by atoms with Crippen molar-refractivity contribution in [3.63, 3.8) is 0 Å². The van der Waals surface area contributed by atoms with Gasteiger partial charge in [0, 0.05) is 45.0 Å². The molecule has 1 unspecified atom stereocenters. The van der Waals surface area contributed by atoms with Crippen molar-refractivity contribution in [2.45, 2.75) is 50.7 Å². The van der Waals surface area contributed by atoms with Gasteiger partial charge in [-0.25, -0.2) is 9.97 Å². The van der Waals surface area contributed by atoms with Crippen LogP contribution in [0, 0.1) is 5.92 Å². The molecule has 1 aromatic rings. The fourth-order valence-corrected chi connectivity index (χ4v) is 4.10. The summed E-state index contributed by atoms with van der Waals surface area (Å²) in [6, 6.07) is 1.02. The number of hydrogen-bond donors (Lipinski definition) is 1. The van der Waals surface area contributed by atoms with Crippen LogP contribution in [0.2, 0.25) is 0 Å². The van der Waals surface area contributed by atoms with Crippen LogP contribution in [-0.4, -0.2) is 58.8 Å². The summed E-state index contributed by atoms with van der Waals surface area (Å²) in [5.41, 5.74) is -0.911. The van der Waals surface area contributed by atoms with E-state index in [1.807, 2.05) is 4.90 Å². The first-order valence-corrected chi connectivity index (χ1v) is 9.47. The van der Waals surface area contributed by atoms with E-state index in [9.17, 15) is 18.3 Å². The molecule has 0 radical (unpaired) electrons. The van der Waals surface area contributed by atoms with E-state index >= 15 is 0 Å². The van der Waals surface area contributed by atoms with Crippen molar-refractivity contribution in [1.82, 2.24) is 14.9 Å². The number of piperazine rings is 1. The monoisotopic (exact) mass is 372 g/mol. The average Bonchev–Trinajstić information content (AvgIpc) is 2.64. The number of aromatic nitrogens is 2. The minimum atomic E-state index is -4.47. The van der Waals surface area contributed by atoms with Crippen molar-refractivity contribution in [3.05, 3.63) is 18.0 Å². The molecule has 0 aromatic carbocycles. The fraction of sp³-hybridized carbons (Fsp3) is 0.778. The fourth-order valence-electron chi connectivity index (χ4n) is 4.10. The predicted octanol–water partition coefficient (Wildman–Crippen LogP) is 2.95. The van der Waals surface area contributed by atoms with Crippen LogP contribution < -0.4 is 4.90 Å². The Kier molecular flexibility index (Phi) is 6.34. The lowest BCUT2D eigenvalue weighted by Crippen LogP contribution is -2.55. The summed E-state index contributed by atoms with van der Waals surface area (Å²) in [4.78, 5) is 12.0. The summed E-state index contributed by atoms with van der Waals surface area (Å²) in [5, 5.41) is 9.42. The zero-order valence-electron chi connectivity index (χ0n) is 15.0. The second-order valence-electron chi connectivity index (χ2n) is 7.35. The molecule has 0 spiro atoms. The first kappa shape index (κ1) is 19.4. The van der Waals surface area contributed by atoms with Crippen molar-refractivity contribution in [3.8, 4) is 0 Å². The van der Waals surface area contributed by atoms with Crippen LogP contribution in [0.3, 0.4) is 0 Å². The summed E-state index contributed by atoms with van der Waals surface area (Å²) in [6.45, 7) is 3.01. The predicted molar refractivity (Wildman–Crippen MR) is 92.9 cm³/mol. The first-order valence-electron chi connectivity index (χ1n) is 9.47. The van der Waals surface area contributed by atoms with E-state index in [2.05, 4.69) is 14.9 Å². The van der Waals surface area contributed by atoms with Crippen LogP contribution in [0.15, 0.2) is 12.3 Å². The molecule has 1 aliphatic heterocycles. The summed E-state index contributed by atoms with van der Waals surface area (Å²) in [6.07, 6.45) is 3.71.